The van der Waals surface area contributed by atoms with E-state index < -0.39 is 0 Å². The lowest BCUT2D eigenvalue weighted by Gasteiger charge is -2.32. The maximum atomic E-state index is 13.3. The zero-order chi connectivity index (χ0) is 20.1. The molecule has 0 saturated carbocycles. The second-order valence-corrected chi connectivity index (χ2v) is 8.41. The van der Waals surface area contributed by atoms with Gasteiger partial charge in [0.05, 0.1) is 5.69 Å². The van der Waals surface area contributed by atoms with Crippen molar-refractivity contribution >= 4 is 11.6 Å². The third-order valence-corrected chi connectivity index (χ3v) is 6.21. The number of hydrogen-bond donors (Lipinski definition) is 0. The zero-order valence-electron chi connectivity index (χ0n) is 17.3. The number of para-hydroxylation sites is 1. The van der Waals surface area contributed by atoms with Crippen LogP contribution in [0.2, 0.25) is 0 Å². The number of carbonyl (C=O) groups excluding carboxylic acids is 1. The maximum absolute atomic E-state index is 13.3. The van der Waals surface area contributed by atoms with E-state index in [0.29, 0.717) is 11.8 Å². The first-order chi connectivity index (χ1) is 14.2. The third-order valence-electron chi connectivity index (χ3n) is 6.21. The van der Waals surface area contributed by atoms with Crippen molar-refractivity contribution in [1.29, 1.82) is 0 Å². The van der Waals surface area contributed by atoms with Gasteiger partial charge in [-0.3, -0.25) is 14.8 Å². The topological polar surface area (TPSA) is 52.6 Å². The van der Waals surface area contributed by atoms with Crippen LogP contribution in [0, 0.1) is 11.8 Å². The van der Waals surface area contributed by atoms with E-state index in [0.717, 1.165) is 64.2 Å². The molecule has 1 atom stereocenters. The Bertz CT molecular complexity index is 776. The highest BCUT2D eigenvalue weighted by Gasteiger charge is 2.31. The minimum absolute atomic E-state index is 0.173. The highest BCUT2D eigenvalue weighted by molar-refractivity contribution is 5.79. The molecule has 1 aromatic heterocycles. The number of aromatic nitrogens is 2. The number of carbonyl (C=O) groups is 1. The lowest BCUT2D eigenvalue weighted by atomic mass is 9.94. The highest BCUT2D eigenvalue weighted by atomic mass is 16.2. The monoisotopic (exact) mass is 393 g/mol. The molecule has 0 N–H and O–H groups in total. The Labute approximate surface area is 173 Å². The Morgan fingerprint density at radius 2 is 1.83 bits per heavy atom. The lowest BCUT2D eigenvalue weighted by molar-refractivity contribution is -0.137. The van der Waals surface area contributed by atoms with Gasteiger partial charge in [0, 0.05) is 56.4 Å². The maximum Gasteiger partial charge on any atom is 0.225 e. The molecule has 2 aromatic rings. The molecule has 6 nitrogen and oxygen atoms in total. The molecule has 4 rings (SSSR count). The van der Waals surface area contributed by atoms with E-state index in [9.17, 15) is 4.79 Å². The Kier molecular flexibility index (Phi) is 6.39. The van der Waals surface area contributed by atoms with Crippen LogP contribution in [-0.4, -0.2) is 72.0 Å². The van der Waals surface area contributed by atoms with Gasteiger partial charge in [-0.15, -0.1) is 0 Å². The van der Waals surface area contributed by atoms with Crippen LogP contribution >= 0.6 is 0 Å². The normalized spacial score (nSPS) is 21.8. The average molecular weight is 394 g/mol. The molecule has 1 amide bonds. The number of benzene rings is 1. The SMILES string of the molecule is CN1CCC(C(=O)N2CCN(c3ccccc3)C[C@@H](Cc3cnccn3)C2)CC1. The predicted molar refractivity (Wildman–Crippen MR) is 115 cm³/mol. The highest BCUT2D eigenvalue weighted by Crippen LogP contribution is 2.24. The summed E-state index contributed by atoms with van der Waals surface area (Å²) in [5.41, 5.74) is 2.23. The summed E-state index contributed by atoms with van der Waals surface area (Å²) in [4.78, 5) is 28.9. The fourth-order valence-electron chi connectivity index (χ4n) is 4.55. The summed E-state index contributed by atoms with van der Waals surface area (Å²) in [6.07, 6.45) is 8.10. The van der Waals surface area contributed by atoms with Crippen LogP contribution in [0.5, 0.6) is 0 Å². The van der Waals surface area contributed by atoms with E-state index in [1.54, 1.807) is 12.4 Å². The summed E-state index contributed by atoms with van der Waals surface area (Å²) in [7, 11) is 2.14. The summed E-state index contributed by atoms with van der Waals surface area (Å²) in [6, 6.07) is 10.5. The summed E-state index contributed by atoms with van der Waals surface area (Å²) in [5.74, 6) is 0.855. The van der Waals surface area contributed by atoms with Crippen molar-refractivity contribution in [3.8, 4) is 0 Å². The van der Waals surface area contributed by atoms with Crippen LogP contribution in [0.25, 0.3) is 0 Å². The molecule has 29 heavy (non-hydrogen) atoms. The van der Waals surface area contributed by atoms with Crippen molar-refractivity contribution < 1.29 is 4.79 Å². The lowest BCUT2D eigenvalue weighted by Crippen LogP contribution is -2.44. The quantitative estimate of drug-likeness (QED) is 0.798. The van der Waals surface area contributed by atoms with E-state index >= 15 is 0 Å². The van der Waals surface area contributed by atoms with Gasteiger partial charge in [0.25, 0.3) is 0 Å². The van der Waals surface area contributed by atoms with E-state index in [-0.39, 0.29) is 5.92 Å². The zero-order valence-corrected chi connectivity index (χ0v) is 17.3. The molecule has 2 aliphatic heterocycles. The molecule has 0 aliphatic carbocycles. The number of piperidine rings is 1. The molecule has 2 saturated heterocycles. The second-order valence-electron chi connectivity index (χ2n) is 8.41. The number of rotatable bonds is 4. The van der Waals surface area contributed by atoms with Crippen molar-refractivity contribution in [3.63, 3.8) is 0 Å². The van der Waals surface area contributed by atoms with E-state index in [2.05, 4.69) is 56.0 Å². The van der Waals surface area contributed by atoms with Crippen LogP contribution in [0.1, 0.15) is 18.5 Å². The Balaban J connectivity index is 1.50. The van der Waals surface area contributed by atoms with Gasteiger partial charge >= 0.3 is 0 Å². The van der Waals surface area contributed by atoms with E-state index in [1.807, 2.05) is 12.3 Å². The van der Waals surface area contributed by atoms with Gasteiger partial charge in [0.15, 0.2) is 0 Å². The molecule has 0 radical (unpaired) electrons. The van der Waals surface area contributed by atoms with Crippen molar-refractivity contribution in [1.82, 2.24) is 19.8 Å². The molecule has 3 heterocycles. The molecule has 1 aromatic carbocycles. The summed E-state index contributed by atoms with van der Waals surface area (Å²) in [6.45, 7) is 5.42. The largest absolute Gasteiger partial charge is 0.369 e. The minimum Gasteiger partial charge on any atom is -0.369 e. The van der Waals surface area contributed by atoms with Crippen LogP contribution in [0.15, 0.2) is 48.9 Å². The Morgan fingerprint density at radius 1 is 1.03 bits per heavy atom. The van der Waals surface area contributed by atoms with Crippen molar-refractivity contribution in [2.75, 3.05) is 51.2 Å². The van der Waals surface area contributed by atoms with Crippen molar-refractivity contribution in [2.24, 2.45) is 11.8 Å². The molecule has 6 heteroatoms. The molecule has 0 unspecified atom stereocenters. The first kappa shape index (κ1) is 19.8. The number of nitrogens with zero attached hydrogens (tertiary/aromatic N) is 5. The fourth-order valence-corrected chi connectivity index (χ4v) is 4.55. The number of anilines is 1. The first-order valence-corrected chi connectivity index (χ1v) is 10.7. The second kappa shape index (κ2) is 9.35. The summed E-state index contributed by atoms with van der Waals surface area (Å²) in [5, 5.41) is 0. The molecular formula is C23H31N5O. The summed E-state index contributed by atoms with van der Waals surface area (Å²) >= 11 is 0. The van der Waals surface area contributed by atoms with Crippen molar-refractivity contribution in [3.05, 3.63) is 54.6 Å². The van der Waals surface area contributed by atoms with Gasteiger partial charge in [0.1, 0.15) is 0 Å². The minimum atomic E-state index is 0.173. The van der Waals surface area contributed by atoms with Crippen LogP contribution < -0.4 is 4.90 Å². The van der Waals surface area contributed by atoms with Gasteiger partial charge in [-0.25, -0.2) is 0 Å². The van der Waals surface area contributed by atoms with Crippen LogP contribution in [0.4, 0.5) is 5.69 Å². The standard InChI is InChI=1S/C23H31N5O/c1-26-11-7-20(8-12-26)23(29)28-14-13-27(22-5-3-2-4-6-22)17-19(18-28)15-21-16-24-9-10-25-21/h2-6,9-10,16,19-20H,7-8,11-15,17-18H2,1H3/t19-/m1/s1. The van der Waals surface area contributed by atoms with Gasteiger partial charge in [-0.2, -0.15) is 0 Å². The van der Waals surface area contributed by atoms with E-state index in [1.165, 1.54) is 5.69 Å². The van der Waals surface area contributed by atoms with Crippen LogP contribution in [-0.2, 0) is 11.2 Å². The van der Waals surface area contributed by atoms with Gasteiger partial charge < -0.3 is 14.7 Å². The fraction of sp³-hybridized carbons (Fsp3) is 0.522. The molecular weight excluding hydrogens is 362 g/mol. The van der Waals surface area contributed by atoms with Crippen molar-refractivity contribution in [2.45, 2.75) is 19.3 Å². The predicted octanol–water partition coefficient (Wildman–Crippen LogP) is 2.33. The molecule has 2 aliphatic rings. The summed E-state index contributed by atoms with van der Waals surface area (Å²) < 4.78 is 0. The smallest absolute Gasteiger partial charge is 0.225 e. The molecule has 0 bridgehead atoms. The average Bonchev–Trinajstić information content (AvgIpc) is 2.98. The number of amides is 1. The molecule has 2 fully saturated rings. The third kappa shape index (κ3) is 5.12. The molecule has 0 spiro atoms. The van der Waals surface area contributed by atoms with Gasteiger partial charge in [0.2, 0.25) is 5.91 Å². The first-order valence-electron chi connectivity index (χ1n) is 10.7. The van der Waals surface area contributed by atoms with Gasteiger partial charge in [-0.1, -0.05) is 18.2 Å². The molecule has 154 valence electrons. The number of likely N-dealkylation sites (tertiary alicyclic amines) is 1. The Morgan fingerprint density at radius 3 is 2.55 bits per heavy atom. The van der Waals surface area contributed by atoms with Gasteiger partial charge in [-0.05, 0) is 57.5 Å². The number of hydrogen-bond acceptors (Lipinski definition) is 5. The Hall–Kier alpha value is -2.47. The van der Waals surface area contributed by atoms with E-state index in [4.69, 9.17) is 0 Å². The van der Waals surface area contributed by atoms with Crippen LogP contribution in [0.3, 0.4) is 0 Å².